The number of ether oxygens (including phenoxy) is 1. The van der Waals surface area contributed by atoms with Gasteiger partial charge in [-0.15, -0.1) is 0 Å². The first-order valence-electron chi connectivity index (χ1n) is 10.3. The molecule has 0 spiro atoms. The van der Waals surface area contributed by atoms with Crippen LogP contribution in [0.25, 0.3) is 6.08 Å². The van der Waals surface area contributed by atoms with Gasteiger partial charge in [0.25, 0.3) is 11.1 Å². The third-order valence-corrected chi connectivity index (χ3v) is 6.50. The Morgan fingerprint density at radius 1 is 1.03 bits per heavy atom. The molecule has 1 heterocycles. The molecule has 3 aromatic rings. The van der Waals surface area contributed by atoms with Crippen molar-refractivity contribution in [3.05, 3.63) is 98.6 Å². The van der Waals surface area contributed by atoms with Gasteiger partial charge < -0.3 is 10.1 Å². The number of benzene rings is 3. The van der Waals surface area contributed by atoms with E-state index in [4.69, 9.17) is 27.9 Å². The molecule has 1 saturated heterocycles. The van der Waals surface area contributed by atoms with E-state index in [0.717, 1.165) is 28.3 Å². The molecule has 0 saturated carbocycles. The Hall–Kier alpha value is -3.33. The predicted molar refractivity (Wildman–Crippen MR) is 135 cm³/mol. The van der Waals surface area contributed by atoms with Crippen molar-refractivity contribution in [3.8, 4) is 5.75 Å². The van der Waals surface area contributed by atoms with Gasteiger partial charge >= 0.3 is 0 Å². The quantitative estimate of drug-likeness (QED) is 0.358. The van der Waals surface area contributed by atoms with Crippen LogP contribution < -0.4 is 10.1 Å². The molecular weight excluding hydrogens is 514 g/mol. The molecule has 4 rings (SSSR count). The number of nitrogens with one attached hydrogen (secondary N) is 1. The van der Waals surface area contributed by atoms with Crippen LogP contribution in [0.3, 0.4) is 0 Å². The van der Waals surface area contributed by atoms with E-state index in [-0.39, 0.29) is 10.6 Å². The largest absolute Gasteiger partial charge is 0.489 e. The third kappa shape index (κ3) is 6.42. The number of amides is 3. The van der Waals surface area contributed by atoms with Crippen LogP contribution in [0.2, 0.25) is 10.0 Å². The Morgan fingerprint density at radius 3 is 2.51 bits per heavy atom. The topological polar surface area (TPSA) is 75.7 Å². The molecule has 0 unspecified atom stereocenters. The first-order chi connectivity index (χ1) is 16.8. The second-order valence-electron chi connectivity index (χ2n) is 7.43. The number of halogens is 3. The molecule has 6 nitrogen and oxygen atoms in total. The standard InChI is InChI=1S/C25H17Cl2FN2O4S/c26-20-9-6-16(10-21(20)27)14-34-19-7-4-15(5-8-19)11-22-24(32)30(25(33)35-22)13-23(31)29-18-3-1-2-17(28)12-18/h1-12H,13-14H2,(H,29,31)/b22-11+. The summed E-state index contributed by atoms with van der Waals surface area (Å²) in [4.78, 5) is 38.2. The molecule has 3 aromatic carbocycles. The number of anilines is 1. The minimum Gasteiger partial charge on any atom is -0.489 e. The van der Waals surface area contributed by atoms with Gasteiger partial charge in [-0.1, -0.05) is 47.5 Å². The van der Waals surface area contributed by atoms with Crippen LogP contribution >= 0.6 is 35.0 Å². The van der Waals surface area contributed by atoms with E-state index in [1.165, 1.54) is 18.2 Å². The van der Waals surface area contributed by atoms with E-state index in [1.54, 1.807) is 42.5 Å². The van der Waals surface area contributed by atoms with E-state index in [9.17, 15) is 18.8 Å². The van der Waals surface area contributed by atoms with Crippen LogP contribution in [0, 0.1) is 5.82 Å². The molecule has 178 valence electrons. The van der Waals surface area contributed by atoms with Crippen molar-refractivity contribution >= 4 is 63.8 Å². The van der Waals surface area contributed by atoms with Crippen LogP contribution in [-0.2, 0) is 16.2 Å². The van der Waals surface area contributed by atoms with Crippen molar-refractivity contribution in [2.45, 2.75) is 6.61 Å². The minimum absolute atomic E-state index is 0.193. The molecule has 1 aliphatic rings. The second-order valence-corrected chi connectivity index (χ2v) is 9.24. The van der Waals surface area contributed by atoms with E-state index >= 15 is 0 Å². The number of carbonyl (C=O) groups excluding carboxylic acids is 3. The molecule has 35 heavy (non-hydrogen) atoms. The van der Waals surface area contributed by atoms with Crippen molar-refractivity contribution in [2.24, 2.45) is 0 Å². The average Bonchev–Trinajstić information content (AvgIpc) is 3.08. The van der Waals surface area contributed by atoms with Crippen LogP contribution in [0.15, 0.2) is 71.6 Å². The summed E-state index contributed by atoms with van der Waals surface area (Å²) in [5.74, 6) is -1.09. The zero-order chi connectivity index (χ0) is 24.9. The van der Waals surface area contributed by atoms with Crippen LogP contribution in [0.4, 0.5) is 14.9 Å². The van der Waals surface area contributed by atoms with E-state index in [0.29, 0.717) is 28.0 Å². The molecule has 0 aromatic heterocycles. The molecule has 1 fully saturated rings. The summed E-state index contributed by atoms with van der Waals surface area (Å²) in [7, 11) is 0. The van der Waals surface area contributed by atoms with Crippen molar-refractivity contribution in [2.75, 3.05) is 11.9 Å². The lowest BCUT2D eigenvalue weighted by molar-refractivity contribution is -0.127. The van der Waals surface area contributed by atoms with Gasteiger partial charge in [-0.2, -0.15) is 0 Å². The van der Waals surface area contributed by atoms with Crippen LogP contribution in [-0.4, -0.2) is 28.5 Å². The molecule has 0 bridgehead atoms. The maximum Gasteiger partial charge on any atom is 0.294 e. The molecule has 0 aliphatic carbocycles. The van der Waals surface area contributed by atoms with Crippen LogP contribution in [0.1, 0.15) is 11.1 Å². The fourth-order valence-electron chi connectivity index (χ4n) is 3.15. The molecule has 10 heteroatoms. The number of hydrogen-bond donors (Lipinski definition) is 1. The summed E-state index contributed by atoms with van der Waals surface area (Å²) < 4.78 is 19.0. The van der Waals surface area contributed by atoms with Gasteiger partial charge in [0.15, 0.2) is 0 Å². The summed E-state index contributed by atoms with van der Waals surface area (Å²) in [6.07, 6.45) is 1.57. The predicted octanol–water partition coefficient (Wildman–Crippen LogP) is 6.39. The molecule has 1 N–H and O–H groups in total. The molecule has 0 radical (unpaired) electrons. The maximum absolute atomic E-state index is 13.3. The number of hydrogen-bond acceptors (Lipinski definition) is 5. The number of imide groups is 1. The highest BCUT2D eigenvalue weighted by molar-refractivity contribution is 8.18. The van der Waals surface area contributed by atoms with E-state index in [1.807, 2.05) is 6.07 Å². The van der Waals surface area contributed by atoms with E-state index < -0.39 is 29.4 Å². The Labute approximate surface area is 214 Å². The number of nitrogens with zero attached hydrogens (tertiary/aromatic N) is 1. The first-order valence-corrected chi connectivity index (χ1v) is 11.8. The first kappa shape index (κ1) is 24.8. The van der Waals surface area contributed by atoms with Gasteiger partial charge in [0.2, 0.25) is 5.91 Å². The van der Waals surface area contributed by atoms with Gasteiger partial charge in [-0.3, -0.25) is 19.3 Å². The van der Waals surface area contributed by atoms with Crippen molar-refractivity contribution < 1.29 is 23.5 Å². The Bertz CT molecular complexity index is 1330. The smallest absolute Gasteiger partial charge is 0.294 e. The monoisotopic (exact) mass is 530 g/mol. The average molecular weight is 531 g/mol. The molecule has 1 aliphatic heterocycles. The summed E-state index contributed by atoms with van der Waals surface area (Å²) >= 11 is 12.7. The SMILES string of the molecule is O=C(CN1C(=O)S/C(=C/c2ccc(OCc3ccc(Cl)c(Cl)c3)cc2)C1=O)Nc1cccc(F)c1. The van der Waals surface area contributed by atoms with Gasteiger partial charge in [-0.05, 0) is 71.4 Å². The lowest BCUT2D eigenvalue weighted by atomic mass is 10.2. The molecule has 3 amide bonds. The highest BCUT2D eigenvalue weighted by atomic mass is 35.5. The third-order valence-electron chi connectivity index (χ3n) is 4.85. The van der Waals surface area contributed by atoms with Crippen LogP contribution in [0.5, 0.6) is 5.75 Å². The molecular formula is C25H17Cl2FN2O4S. The summed E-state index contributed by atoms with van der Waals surface area (Å²) in [6, 6.07) is 17.5. The number of carbonyl (C=O) groups is 3. The zero-order valence-electron chi connectivity index (χ0n) is 18.0. The Kier molecular flexibility index (Phi) is 7.75. The van der Waals surface area contributed by atoms with E-state index in [2.05, 4.69) is 5.32 Å². The minimum atomic E-state index is -0.609. The number of thioether (sulfide) groups is 1. The summed E-state index contributed by atoms with van der Waals surface area (Å²) in [5, 5.41) is 2.83. The lowest BCUT2D eigenvalue weighted by Gasteiger charge is -2.12. The maximum atomic E-state index is 13.3. The van der Waals surface area contributed by atoms with Gasteiger partial charge in [0, 0.05) is 5.69 Å². The lowest BCUT2D eigenvalue weighted by Crippen LogP contribution is -2.36. The van der Waals surface area contributed by atoms with Gasteiger partial charge in [-0.25, -0.2) is 4.39 Å². The molecule has 0 atom stereocenters. The fourth-order valence-corrected chi connectivity index (χ4v) is 4.31. The summed E-state index contributed by atoms with van der Waals surface area (Å²) in [5.41, 5.74) is 1.78. The highest BCUT2D eigenvalue weighted by Gasteiger charge is 2.36. The summed E-state index contributed by atoms with van der Waals surface area (Å²) in [6.45, 7) is -0.174. The zero-order valence-corrected chi connectivity index (χ0v) is 20.3. The second kappa shape index (κ2) is 10.9. The van der Waals surface area contributed by atoms with Crippen molar-refractivity contribution in [3.63, 3.8) is 0 Å². The number of rotatable bonds is 7. The van der Waals surface area contributed by atoms with Crippen molar-refractivity contribution in [1.82, 2.24) is 4.90 Å². The highest BCUT2D eigenvalue weighted by Crippen LogP contribution is 2.32. The van der Waals surface area contributed by atoms with Crippen molar-refractivity contribution in [1.29, 1.82) is 0 Å². The normalized spacial score (nSPS) is 14.5. The Morgan fingerprint density at radius 2 is 1.80 bits per heavy atom. The fraction of sp³-hybridized carbons (Fsp3) is 0.0800. The Balaban J connectivity index is 1.35. The van der Waals surface area contributed by atoms with Gasteiger partial charge in [0.05, 0.1) is 15.0 Å². The van der Waals surface area contributed by atoms with Gasteiger partial charge in [0.1, 0.15) is 24.7 Å².